The van der Waals surface area contributed by atoms with E-state index >= 15 is 0 Å². The Kier molecular flexibility index (Phi) is 4.29. The topological polar surface area (TPSA) is 44.8 Å². The van der Waals surface area contributed by atoms with E-state index in [4.69, 9.17) is 11.2 Å². The summed E-state index contributed by atoms with van der Waals surface area (Å²) in [4.78, 5) is 16.9. The summed E-state index contributed by atoms with van der Waals surface area (Å²) in [5, 5.41) is 2.84. The molecular weight excluding hydrogens is 338 g/mol. The second-order valence-electron chi connectivity index (χ2n) is 7.39. The summed E-state index contributed by atoms with van der Waals surface area (Å²) in [5.74, 6) is 3.29. The van der Waals surface area contributed by atoms with Crippen molar-refractivity contribution >= 4 is 17.5 Å². The number of carbonyl (C=O) groups excluding carboxylic acids is 1. The molecule has 2 aromatic carbocycles. The number of benzene rings is 2. The van der Waals surface area contributed by atoms with Gasteiger partial charge in [-0.05, 0) is 42.3 Å². The Bertz CT molecular complexity index is 906. The van der Waals surface area contributed by atoms with E-state index in [2.05, 4.69) is 47.1 Å². The highest BCUT2D eigenvalue weighted by Crippen LogP contribution is 2.51. The zero-order chi connectivity index (χ0) is 19.0. The number of amides is 1. The number of hydrogen-bond acceptors (Lipinski definition) is 4. The van der Waals surface area contributed by atoms with E-state index in [0.717, 1.165) is 18.7 Å². The van der Waals surface area contributed by atoms with Crippen molar-refractivity contribution in [3.05, 3.63) is 54.1 Å². The van der Waals surface area contributed by atoms with E-state index < -0.39 is 6.09 Å². The molecule has 138 valence electrons. The molecule has 0 aromatic heterocycles. The van der Waals surface area contributed by atoms with Crippen LogP contribution in [0.15, 0.2) is 48.5 Å². The van der Waals surface area contributed by atoms with Crippen LogP contribution in [0.1, 0.15) is 18.9 Å². The first kappa shape index (κ1) is 17.4. The van der Waals surface area contributed by atoms with Gasteiger partial charge in [-0.2, -0.15) is 0 Å². The molecule has 4 rings (SSSR count). The summed E-state index contributed by atoms with van der Waals surface area (Å²) < 4.78 is 5.33. The highest BCUT2D eigenvalue weighted by Gasteiger charge is 2.53. The molecule has 2 aromatic rings. The number of likely N-dealkylation sites (tertiary alicyclic amines) is 1. The number of anilines is 2. The zero-order valence-corrected chi connectivity index (χ0v) is 15.6. The van der Waals surface area contributed by atoms with E-state index in [1.54, 1.807) is 12.1 Å². The summed E-state index contributed by atoms with van der Waals surface area (Å²) in [7, 11) is 2.11. The second kappa shape index (κ2) is 6.64. The van der Waals surface area contributed by atoms with Crippen LogP contribution in [0.3, 0.4) is 0 Å². The number of likely N-dealkylation sites (N-methyl/N-ethyl adjacent to an activating group) is 1. The lowest BCUT2D eigenvalue weighted by atomic mass is 9.81. The van der Waals surface area contributed by atoms with Gasteiger partial charge in [0.15, 0.2) is 0 Å². The number of terminal acetylenes is 1. The van der Waals surface area contributed by atoms with E-state index in [1.165, 1.54) is 11.3 Å². The fraction of sp³-hybridized carbons (Fsp3) is 0.318. The molecule has 0 aliphatic carbocycles. The van der Waals surface area contributed by atoms with Crippen molar-refractivity contribution in [1.29, 1.82) is 0 Å². The van der Waals surface area contributed by atoms with Crippen molar-refractivity contribution in [2.45, 2.75) is 24.9 Å². The van der Waals surface area contributed by atoms with Crippen LogP contribution in [0.2, 0.25) is 0 Å². The molecule has 5 nitrogen and oxygen atoms in total. The first-order valence-corrected chi connectivity index (χ1v) is 9.12. The van der Waals surface area contributed by atoms with Crippen LogP contribution in [0.5, 0.6) is 5.75 Å². The Hall–Kier alpha value is -2.97. The fourth-order valence-electron chi connectivity index (χ4n) is 4.51. The van der Waals surface area contributed by atoms with Gasteiger partial charge < -0.3 is 9.64 Å². The average Bonchev–Trinajstić information content (AvgIpc) is 3.09. The number of ether oxygens (including phenoxy) is 1. The second-order valence-corrected chi connectivity index (χ2v) is 7.39. The van der Waals surface area contributed by atoms with Crippen molar-refractivity contribution in [3.8, 4) is 18.1 Å². The first-order valence-electron chi connectivity index (χ1n) is 9.12. The third-order valence-electron chi connectivity index (χ3n) is 5.69. The van der Waals surface area contributed by atoms with Gasteiger partial charge in [-0.3, -0.25) is 10.2 Å². The lowest BCUT2D eigenvalue weighted by Gasteiger charge is -2.33. The molecule has 1 saturated heterocycles. The van der Waals surface area contributed by atoms with Crippen molar-refractivity contribution in [1.82, 2.24) is 4.90 Å². The third-order valence-corrected chi connectivity index (χ3v) is 5.69. The number of hydrogen-bond donors (Lipinski definition) is 1. The Morgan fingerprint density at radius 3 is 2.85 bits per heavy atom. The molecule has 0 bridgehead atoms. The minimum atomic E-state index is -0.491. The molecule has 2 aliphatic heterocycles. The molecule has 2 aliphatic rings. The minimum absolute atomic E-state index is 0.0119. The number of nitrogens with one attached hydrogen (secondary N) is 1. The standard InChI is InChI=1S/C22H23N3O2/c1-4-13-25-14-12-22(2)18-15-16(10-11-19(18)24(3)20(22)25)23-21(26)27-17-8-6-5-7-9-17/h1,5-11,15,20H,12-14H2,2-3H3,(H,23,26). The predicted molar refractivity (Wildman–Crippen MR) is 107 cm³/mol. The largest absolute Gasteiger partial charge is 0.417 e. The van der Waals surface area contributed by atoms with Gasteiger partial charge in [-0.15, -0.1) is 6.42 Å². The maximum atomic E-state index is 12.2. The zero-order valence-electron chi connectivity index (χ0n) is 15.6. The molecule has 0 radical (unpaired) electrons. The highest BCUT2D eigenvalue weighted by molar-refractivity contribution is 5.87. The fourth-order valence-corrected chi connectivity index (χ4v) is 4.51. The van der Waals surface area contributed by atoms with Crippen LogP contribution in [0, 0.1) is 12.3 Å². The smallest absolute Gasteiger partial charge is 0.410 e. The van der Waals surface area contributed by atoms with Gasteiger partial charge in [0.05, 0.1) is 12.7 Å². The van der Waals surface area contributed by atoms with E-state index in [0.29, 0.717) is 12.3 Å². The van der Waals surface area contributed by atoms with Gasteiger partial charge in [-0.25, -0.2) is 4.79 Å². The molecule has 27 heavy (non-hydrogen) atoms. The molecule has 0 spiro atoms. The van der Waals surface area contributed by atoms with Gasteiger partial charge >= 0.3 is 6.09 Å². The van der Waals surface area contributed by atoms with Crippen LogP contribution in [0.4, 0.5) is 16.2 Å². The van der Waals surface area contributed by atoms with E-state index in [-0.39, 0.29) is 11.6 Å². The van der Waals surface area contributed by atoms with Crippen LogP contribution in [0.25, 0.3) is 0 Å². The van der Waals surface area contributed by atoms with Gasteiger partial charge in [-0.1, -0.05) is 31.0 Å². The van der Waals surface area contributed by atoms with Gasteiger partial charge in [0.2, 0.25) is 0 Å². The molecular formula is C22H23N3O2. The summed E-state index contributed by atoms with van der Waals surface area (Å²) in [6, 6.07) is 15.1. The maximum Gasteiger partial charge on any atom is 0.417 e. The molecule has 5 heteroatoms. The summed E-state index contributed by atoms with van der Waals surface area (Å²) >= 11 is 0. The maximum absolute atomic E-state index is 12.2. The van der Waals surface area contributed by atoms with Crippen LogP contribution < -0.4 is 15.0 Å². The first-order chi connectivity index (χ1) is 13.0. The Labute approximate surface area is 159 Å². The number of fused-ring (bicyclic) bond motifs is 3. The molecule has 2 atom stereocenters. The van der Waals surface area contributed by atoms with Crippen molar-refractivity contribution in [3.63, 3.8) is 0 Å². The monoisotopic (exact) mass is 361 g/mol. The van der Waals surface area contributed by atoms with Crippen molar-refractivity contribution in [2.24, 2.45) is 0 Å². The van der Waals surface area contributed by atoms with Gasteiger partial charge in [0, 0.05) is 30.4 Å². The Balaban J connectivity index is 1.56. The normalized spacial score (nSPS) is 23.4. The highest BCUT2D eigenvalue weighted by atomic mass is 16.6. The molecule has 1 fully saturated rings. The predicted octanol–water partition coefficient (Wildman–Crippen LogP) is 3.67. The molecule has 0 saturated carbocycles. The lowest BCUT2D eigenvalue weighted by molar-refractivity contribution is 0.215. The number of rotatable bonds is 3. The minimum Gasteiger partial charge on any atom is -0.410 e. The lowest BCUT2D eigenvalue weighted by Crippen LogP contribution is -2.47. The molecule has 1 N–H and O–H groups in total. The van der Waals surface area contributed by atoms with Crippen LogP contribution >= 0.6 is 0 Å². The molecule has 2 unspecified atom stereocenters. The quantitative estimate of drug-likeness (QED) is 0.848. The molecule has 1 amide bonds. The van der Waals surface area contributed by atoms with Crippen LogP contribution in [-0.2, 0) is 5.41 Å². The number of carbonyl (C=O) groups is 1. The Morgan fingerprint density at radius 1 is 1.33 bits per heavy atom. The van der Waals surface area contributed by atoms with Gasteiger partial charge in [0.1, 0.15) is 5.75 Å². The van der Waals surface area contributed by atoms with Crippen molar-refractivity contribution < 1.29 is 9.53 Å². The van der Waals surface area contributed by atoms with Crippen molar-refractivity contribution in [2.75, 3.05) is 30.4 Å². The number of para-hydroxylation sites is 1. The summed E-state index contributed by atoms with van der Waals surface area (Å²) in [6.07, 6.45) is 6.35. The SMILES string of the molecule is C#CCN1CCC2(C)c3cc(NC(=O)Oc4ccccc4)ccc3N(C)C12. The number of nitrogens with zero attached hydrogens (tertiary/aromatic N) is 2. The Morgan fingerprint density at radius 2 is 2.11 bits per heavy atom. The average molecular weight is 361 g/mol. The summed E-state index contributed by atoms with van der Waals surface area (Å²) in [6.45, 7) is 3.90. The van der Waals surface area contributed by atoms with E-state index in [9.17, 15) is 4.79 Å². The molecule has 2 heterocycles. The van der Waals surface area contributed by atoms with E-state index in [1.807, 2.05) is 24.3 Å². The van der Waals surface area contributed by atoms with Gasteiger partial charge in [0.25, 0.3) is 0 Å². The van der Waals surface area contributed by atoms with Crippen LogP contribution in [-0.4, -0.2) is 37.3 Å². The summed E-state index contributed by atoms with van der Waals surface area (Å²) in [5.41, 5.74) is 3.15. The third kappa shape index (κ3) is 2.92.